The van der Waals surface area contributed by atoms with Crippen LogP contribution in [0.1, 0.15) is 16.7 Å². The number of hydrogen-bond acceptors (Lipinski definition) is 5. The first-order chi connectivity index (χ1) is 13.8. The molecular weight excluding hydrogens is 347 g/mol. The van der Waals surface area contributed by atoms with E-state index in [0.717, 1.165) is 41.2 Å². The minimum Gasteiger partial charge on any atom is -0.366 e. The Kier molecular flexibility index (Phi) is 4.20. The van der Waals surface area contributed by atoms with Crippen LogP contribution in [-0.4, -0.2) is 33.5 Å². The van der Waals surface area contributed by atoms with E-state index in [1.807, 2.05) is 36.9 Å². The van der Waals surface area contributed by atoms with Crippen LogP contribution in [0.3, 0.4) is 0 Å². The molecule has 7 heteroatoms. The number of fused-ring (bicyclic) bond motifs is 2. The standard InChI is InChI=1S/C21H21BN6/c22-18-13-25-28-20(24-12-14-4-3-7-23-11-14)10-19(27-21(18)28)26-17-8-15-5-1-2-6-16(15)9-17/h1-7,10-11,13,17,24H,8-9,12,22H2,(H,26,27). The van der Waals surface area contributed by atoms with Crippen molar-refractivity contribution < 1.29 is 0 Å². The summed E-state index contributed by atoms with van der Waals surface area (Å²) in [4.78, 5) is 9.00. The van der Waals surface area contributed by atoms with Crippen molar-refractivity contribution in [1.29, 1.82) is 0 Å². The number of pyridine rings is 1. The molecule has 0 spiro atoms. The van der Waals surface area contributed by atoms with Gasteiger partial charge in [-0.25, -0.2) is 4.98 Å². The van der Waals surface area contributed by atoms with Crippen molar-refractivity contribution in [2.45, 2.75) is 25.4 Å². The Balaban J connectivity index is 1.41. The van der Waals surface area contributed by atoms with Crippen molar-refractivity contribution in [3.05, 3.63) is 77.7 Å². The van der Waals surface area contributed by atoms with Gasteiger partial charge >= 0.3 is 0 Å². The molecule has 0 saturated carbocycles. The molecule has 2 N–H and O–H groups in total. The summed E-state index contributed by atoms with van der Waals surface area (Å²) in [5.74, 6) is 1.79. The summed E-state index contributed by atoms with van der Waals surface area (Å²) in [6.45, 7) is 0.681. The molecule has 0 radical (unpaired) electrons. The molecule has 138 valence electrons. The topological polar surface area (TPSA) is 67.1 Å². The molecule has 0 unspecified atom stereocenters. The van der Waals surface area contributed by atoms with Crippen LogP contribution in [0, 0.1) is 0 Å². The van der Waals surface area contributed by atoms with Gasteiger partial charge in [0.1, 0.15) is 19.5 Å². The van der Waals surface area contributed by atoms with Gasteiger partial charge in [0.15, 0.2) is 5.65 Å². The molecule has 0 bridgehead atoms. The third-order valence-corrected chi connectivity index (χ3v) is 5.25. The first-order valence-corrected chi connectivity index (χ1v) is 9.58. The average Bonchev–Trinajstić information content (AvgIpc) is 3.30. The van der Waals surface area contributed by atoms with Gasteiger partial charge in [-0.05, 0) is 41.1 Å². The van der Waals surface area contributed by atoms with Gasteiger partial charge in [-0.3, -0.25) is 4.98 Å². The molecule has 3 heterocycles. The second-order valence-electron chi connectivity index (χ2n) is 7.32. The fourth-order valence-electron chi connectivity index (χ4n) is 3.84. The zero-order valence-corrected chi connectivity index (χ0v) is 15.8. The van der Waals surface area contributed by atoms with Crippen LogP contribution in [0.5, 0.6) is 0 Å². The van der Waals surface area contributed by atoms with Gasteiger partial charge in [-0.2, -0.15) is 9.61 Å². The highest BCUT2D eigenvalue weighted by atomic mass is 15.3. The van der Waals surface area contributed by atoms with Crippen LogP contribution in [0.4, 0.5) is 11.6 Å². The summed E-state index contributed by atoms with van der Waals surface area (Å²) >= 11 is 0. The maximum absolute atomic E-state index is 4.81. The van der Waals surface area contributed by atoms with Gasteiger partial charge in [-0.1, -0.05) is 30.3 Å². The zero-order valence-electron chi connectivity index (χ0n) is 15.8. The van der Waals surface area contributed by atoms with E-state index < -0.39 is 0 Å². The SMILES string of the molecule is Bc1cnn2c(NCc3cccnc3)cc(NC3Cc4ccccc4C3)nc12. The minimum absolute atomic E-state index is 0.363. The quantitative estimate of drug-likeness (QED) is 0.524. The monoisotopic (exact) mass is 368 g/mol. The molecule has 0 fully saturated rings. The summed E-state index contributed by atoms with van der Waals surface area (Å²) in [5, 5.41) is 11.6. The summed E-state index contributed by atoms with van der Waals surface area (Å²) in [7, 11) is 2.04. The second kappa shape index (κ2) is 7.00. The predicted octanol–water partition coefficient (Wildman–Crippen LogP) is 1.57. The summed E-state index contributed by atoms with van der Waals surface area (Å²) < 4.78 is 1.86. The number of rotatable bonds is 5. The molecular formula is C21H21BN6. The molecule has 4 aromatic rings. The van der Waals surface area contributed by atoms with Crippen molar-refractivity contribution in [1.82, 2.24) is 19.6 Å². The van der Waals surface area contributed by atoms with E-state index >= 15 is 0 Å². The van der Waals surface area contributed by atoms with Gasteiger partial charge in [0, 0.05) is 37.2 Å². The van der Waals surface area contributed by atoms with E-state index in [9.17, 15) is 0 Å². The molecule has 5 rings (SSSR count). The summed E-state index contributed by atoms with van der Waals surface area (Å²) in [6.07, 6.45) is 7.56. The number of anilines is 2. The zero-order chi connectivity index (χ0) is 18.9. The van der Waals surface area contributed by atoms with Crippen molar-refractivity contribution in [3.8, 4) is 0 Å². The Morgan fingerprint density at radius 1 is 1.07 bits per heavy atom. The lowest BCUT2D eigenvalue weighted by Gasteiger charge is -2.15. The molecule has 0 atom stereocenters. The fourth-order valence-corrected chi connectivity index (χ4v) is 3.84. The predicted molar refractivity (Wildman–Crippen MR) is 114 cm³/mol. The molecule has 1 aliphatic carbocycles. The van der Waals surface area contributed by atoms with Crippen LogP contribution in [0.25, 0.3) is 5.65 Å². The highest BCUT2D eigenvalue weighted by molar-refractivity contribution is 6.36. The first kappa shape index (κ1) is 16.8. The maximum atomic E-state index is 4.81. The van der Waals surface area contributed by atoms with Gasteiger partial charge in [0.25, 0.3) is 0 Å². The van der Waals surface area contributed by atoms with Crippen LogP contribution in [0.2, 0.25) is 0 Å². The molecule has 1 aliphatic rings. The number of hydrogen-bond donors (Lipinski definition) is 2. The highest BCUT2D eigenvalue weighted by Gasteiger charge is 2.21. The van der Waals surface area contributed by atoms with Crippen molar-refractivity contribution in [2.24, 2.45) is 0 Å². The highest BCUT2D eigenvalue weighted by Crippen LogP contribution is 2.25. The van der Waals surface area contributed by atoms with E-state index in [1.165, 1.54) is 11.1 Å². The lowest BCUT2D eigenvalue weighted by Crippen LogP contribution is -2.21. The van der Waals surface area contributed by atoms with Gasteiger partial charge in [-0.15, -0.1) is 0 Å². The normalized spacial score (nSPS) is 13.6. The minimum atomic E-state index is 0.363. The molecule has 3 aromatic heterocycles. The van der Waals surface area contributed by atoms with Crippen LogP contribution in [0.15, 0.2) is 61.1 Å². The van der Waals surface area contributed by atoms with Gasteiger partial charge in [0.05, 0.1) is 0 Å². The van der Waals surface area contributed by atoms with E-state index in [4.69, 9.17) is 4.98 Å². The largest absolute Gasteiger partial charge is 0.366 e. The van der Waals surface area contributed by atoms with Gasteiger partial charge in [0.2, 0.25) is 0 Å². The first-order valence-electron chi connectivity index (χ1n) is 9.58. The van der Waals surface area contributed by atoms with E-state index in [2.05, 4.69) is 51.0 Å². The Labute approximate surface area is 164 Å². The van der Waals surface area contributed by atoms with Gasteiger partial charge < -0.3 is 10.6 Å². The van der Waals surface area contributed by atoms with Crippen LogP contribution < -0.4 is 16.1 Å². The summed E-state index contributed by atoms with van der Waals surface area (Å²) in [5.41, 5.74) is 5.90. The molecule has 0 aliphatic heterocycles. The maximum Gasteiger partial charge on any atom is 0.153 e. The third kappa shape index (κ3) is 3.20. The summed E-state index contributed by atoms with van der Waals surface area (Å²) in [6, 6.07) is 15.1. The van der Waals surface area contributed by atoms with Crippen molar-refractivity contribution in [2.75, 3.05) is 10.6 Å². The lowest BCUT2D eigenvalue weighted by atomic mass is 10.0. The lowest BCUT2D eigenvalue weighted by molar-refractivity contribution is 0.767. The molecule has 28 heavy (non-hydrogen) atoms. The van der Waals surface area contributed by atoms with E-state index in [-0.39, 0.29) is 0 Å². The number of nitrogens with zero attached hydrogens (tertiary/aromatic N) is 4. The molecule has 6 nitrogen and oxygen atoms in total. The average molecular weight is 368 g/mol. The molecule has 1 aromatic carbocycles. The number of aromatic nitrogens is 4. The van der Waals surface area contributed by atoms with Crippen molar-refractivity contribution >= 4 is 30.6 Å². The van der Waals surface area contributed by atoms with E-state index in [0.29, 0.717) is 12.6 Å². The number of nitrogens with one attached hydrogen (secondary N) is 2. The Morgan fingerprint density at radius 3 is 2.64 bits per heavy atom. The Hall–Kier alpha value is -3.35. The van der Waals surface area contributed by atoms with Crippen LogP contribution in [-0.2, 0) is 19.4 Å². The molecule has 0 amide bonds. The van der Waals surface area contributed by atoms with Crippen molar-refractivity contribution in [3.63, 3.8) is 0 Å². The Morgan fingerprint density at radius 2 is 1.89 bits per heavy atom. The third-order valence-electron chi connectivity index (χ3n) is 5.25. The Bertz CT molecular complexity index is 1100. The smallest absolute Gasteiger partial charge is 0.153 e. The van der Waals surface area contributed by atoms with E-state index in [1.54, 1.807) is 6.20 Å². The molecule has 0 saturated heterocycles. The fraction of sp³-hybridized carbons (Fsp3) is 0.190. The van der Waals surface area contributed by atoms with Crippen LogP contribution >= 0.6 is 0 Å². The second-order valence-corrected chi connectivity index (χ2v) is 7.32. The number of benzene rings is 1.